The molecule has 1 N–H and O–H groups in total. The Balaban J connectivity index is 1.44. The number of carbonyl (C=O) groups is 1. The summed E-state index contributed by atoms with van der Waals surface area (Å²) in [7, 11) is 0. The van der Waals surface area contributed by atoms with Gasteiger partial charge in [-0.1, -0.05) is 0 Å². The summed E-state index contributed by atoms with van der Waals surface area (Å²) in [6, 6.07) is 3.77. The van der Waals surface area contributed by atoms with Crippen molar-refractivity contribution in [1.29, 1.82) is 0 Å². The molecule has 2 aromatic heterocycles. The van der Waals surface area contributed by atoms with Gasteiger partial charge in [0.25, 0.3) is 5.91 Å². The summed E-state index contributed by atoms with van der Waals surface area (Å²) in [5.41, 5.74) is 1.94. The standard InChI is InChI=1S/C20H28N4OS/c1-3-24(4-2)18-12-11-15(14-22-18)20(25)21-13-7-10-19-23-16-8-5-6-9-17(16)26-19/h11-12,14H,3-10,13H2,1-2H3,(H,21,25). The van der Waals surface area contributed by atoms with Crippen LogP contribution >= 0.6 is 11.3 Å². The molecule has 0 radical (unpaired) electrons. The molecule has 0 saturated carbocycles. The molecule has 26 heavy (non-hydrogen) atoms. The normalized spacial score (nSPS) is 13.3. The second kappa shape index (κ2) is 9.12. The minimum Gasteiger partial charge on any atom is -0.357 e. The average molecular weight is 373 g/mol. The number of aromatic nitrogens is 2. The van der Waals surface area contributed by atoms with Crippen molar-refractivity contribution in [3.63, 3.8) is 0 Å². The number of hydrogen-bond acceptors (Lipinski definition) is 5. The van der Waals surface area contributed by atoms with Crippen LogP contribution in [0.1, 0.15) is 59.0 Å². The lowest BCUT2D eigenvalue weighted by Crippen LogP contribution is -2.26. The number of anilines is 1. The highest BCUT2D eigenvalue weighted by Crippen LogP contribution is 2.27. The van der Waals surface area contributed by atoms with Crippen molar-refractivity contribution >= 4 is 23.1 Å². The Kier molecular flexibility index (Phi) is 6.61. The molecule has 1 aliphatic rings. The highest BCUT2D eigenvalue weighted by Gasteiger charge is 2.15. The van der Waals surface area contributed by atoms with Crippen molar-refractivity contribution in [2.75, 3.05) is 24.5 Å². The van der Waals surface area contributed by atoms with E-state index in [1.165, 1.54) is 34.8 Å². The molecule has 140 valence electrons. The molecule has 5 nitrogen and oxygen atoms in total. The summed E-state index contributed by atoms with van der Waals surface area (Å²) in [4.78, 5) is 25.1. The zero-order valence-corrected chi connectivity index (χ0v) is 16.6. The maximum atomic E-state index is 12.3. The molecule has 3 rings (SSSR count). The molecular weight excluding hydrogens is 344 g/mol. The lowest BCUT2D eigenvalue weighted by molar-refractivity contribution is 0.0953. The van der Waals surface area contributed by atoms with E-state index < -0.39 is 0 Å². The topological polar surface area (TPSA) is 58.1 Å². The van der Waals surface area contributed by atoms with Crippen LogP contribution in [0.5, 0.6) is 0 Å². The minimum atomic E-state index is -0.0537. The maximum absolute atomic E-state index is 12.3. The number of fused-ring (bicyclic) bond motifs is 1. The first-order valence-electron chi connectivity index (χ1n) is 9.68. The zero-order valence-electron chi connectivity index (χ0n) is 15.8. The Bertz CT molecular complexity index is 698. The first-order valence-corrected chi connectivity index (χ1v) is 10.5. The van der Waals surface area contributed by atoms with Crippen molar-refractivity contribution < 1.29 is 4.79 Å². The van der Waals surface area contributed by atoms with Crippen molar-refractivity contribution in [1.82, 2.24) is 15.3 Å². The fourth-order valence-electron chi connectivity index (χ4n) is 3.31. The van der Waals surface area contributed by atoms with Crippen LogP contribution in [0, 0.1) is 0 Å². The maximum Gasteiger partial charge on any atom is 0.252 e. The number of hydrogen-bond donors (Lipinski definition) is 1. The Morgan fingerprint density at radius 3 is 2.73 bits per heavy atom. The third-order valence-electron chi connectivity index (χ3n) is 4.84. The van der Waals surface area contributed by atoms with Gasteiger partial charge in [-0.3, -0.25) is 4.79 Å². The molecule has 0 aliphatic heterocycles. The molecule has 1 aliphatic carbocycles. The molecule has 1 amide bonds. The largest absolute Gasteiger partial charge is 0.357 e. The van der Waals surface area contributed by atoms with Crippen LogP contribution in [-0.4, -0.2) is 35.5 Å². The Hall–Kier alpha value is -1.95. The van der Waals surface area contributed by atoms with Gasteiger partial charge in [-0.2, -0.15) is 0 Å². The summed E-state index contributed by atoms with van der Waals surface area (Å²) in [5, 5.41) is 4.21. The third-order valence-corrected chi connectivity index (χ3v) is 6.06. The summed E-state index contributed by atoms with van der Waals surface area (Å²) >= 11 is 1.86. The zero-order chi connectivity index (χ0) is 18.4. The summed E-state index contributed by atoms with van der Waals surface area (Å²) in [6.45, 7) is 6.70. The van der Waals surface area contributed by atoms with E-state index in [-0.39, 0.29) is 5.91 Å². The van der Waals surface area contributed by atoms with Gasteiger partial charge in [0.15, 0.2) is 0 Å². The first kappa shape index (κ1) is 18.8. The molecule has 0 unspecified atom stereocenters. The number of pyridine rings is 1. The van der Waals surface area contributed by atoms with Crippen LogP contribution in [0.2, 0.25) is 0 Å². The van der Waals surface area contributed by atoms with Crippen molar-refractivity contribution in [2.45, 2.75) is 52.4 Å². The van der Waals surface area contributed by atoms with E-state index >= 15 is 0 Å². The van der Waals surface area contributed by atoms with Crippen molar-refractivity contribution in [3.8, 4) is 0 Å². The molecule has 0 saturated heterocycles. The van der Waals surface area contributed by atoms with E-state index in [0.29, 0.717) is 12.1 Å². The van der Waals surface area contributed by atoms with Crippen molar-refractivity contribution in [3.05, 3.63) is 39.5 Å². The molecule has 2 aromatic rings. The van der Waals surface area contributed by atoms with Crippen LogP contribution < -0.4 is 10.2 Å². The predicted octanol–water partition coefficient (Wildman–Crippen LogP) is 3.63. The van der Waals surface area contributed by atoms with E-state index in [1.54, 1.807) is 6.20 Å². The SMILES string of the molecule is CCN(CC)c1ccc(C(=O)NCCCc2nc3c(s2)CCCC3)cn1. The van der Waals surface area contributed by atoms with Gasteiger partial charge in [-0.15, -0.1) is 11.3 Å². The molecule has 6 heteroatoms. The van der Waals surface area contributed by atoms with Gasteiger partial charge in [0.1, 0.15) is 5.82 Å². The molecule has 0 aromatic carbocycles. The number of thiazole rings is 1. The summed E-state index contributed by atoms with van der Waals surface area (Å²) < 4.78 is 0. The first-order chi connectivity index (χ1) is 12.7. The van der Waals surface area contributed by atoms with Gasteiger partial charge in [0.05, 0.1) is 16.3 Å². The van der Waals surface area contributed by atoms with E-state index in [0.717, 1.165) is 38.2 Å². The van der Waals surface area contributed by atoms with Gasteiger partial charge in [-0.05, 0) is 58.1 Å². The van der Waals surface area contributed by atoms with Gasteiger partial charge in [0.2, 0.25) is 0 Å². The Labute approximate surface area is 159 Å². The monoisotopic (exact) mass is 372 g/mol. The van der Waals surface area contributed by atoms with Crippen LogP contribution in [0.4, 0.5) is 5.82 Å². The quantitative estimate of drug-likeness (QED) is 0.719. The third kappa shape index (κ3) is 4.61. The van der Waals surface area contributed by atoms with Crippen LogP contribution in [0.15, 0.2) is 18.3 Å². The van der Waals surface area contributed by atoms with Crippen LogP contribution in [-0.2, 0) is 19.3 Å². The minimum absolute atomic E-state index is 0.0537. The van der Waals surface area contributed by atoms with Crippen molar-refractivity contribution in [2.24, 2.45) is 0 Å². The van der Waals surface area contributed by atoms with Gasteiger partial charge in [0, 0.05) is 37.1 Å². The fourth-order valence-corrected chi connectivity index (χ4v) is 4.51. The average Bonchev–Trinajstić information content (AvgIpc) is 3.09. The highest BCUT2D eigenvalue weighted by atomic mass is 32.1. The molecule has 0 fully saturated rings. The summed E-state index contributed by atoms with van der Waals surface area (Å²) in [5.74, 6) is 0.862. The number of amides is 1. The number of nitrogens with zero attached hydrogens (tertiary/aromatic N) is 3. The molecule has 0 spiro atoms. The van der Waals surface area contributed by atoms with Gasteiger partial charge >= 0.3 is 0 Å². The lowest BCUT2D eigenvalue weighted by Gasteiger charge is -2.19. The molecule has 0 bridgehead atoms. The van der Waals surface area contributed by atoms with E-state index in [9.17, 15) is 4.79 Å². The number of nitrogens with one attached hydrogen (secondary N) is 1. The number of aryl methyl sites for hydroxylation is 3. The highest BCUT2D eigenvalue weighted by molar-refractivity contribution is 7.11. The van der Waals surface area contributed by atoms with E-state index in [1.807, 2.05) is 23.5 Å². The number of carbonyl (C=O) groups excluding carboxylic acids is 1. The van der Waals surface area contributed by atoms with E-state index in [4.69, 9.17) is 4.98 Å². The molecule has 0 atom stereocenters. The Morgan fingerprint density at radius 1 is 1.23 bits per heavy atom. The predicted molar refractivity (Wildman–Crippen MR) is 107 cm³/mol. The summed E-state index contributed by atoms with van der Waals surface area (Å²) in [6.07, 6.45) is 8.43. The second-order valence-electron chi connectivity index (χ2n) is 6.62. The van der Waals surface area contributed by atoms with Gasteiger partial charge in [-0.25, -0.2) is 9.97 Å². The number of rotatable bonds is 8. The fraction of sp³-hybridized carbons (Fsp3) is 0.550. The van der Waals surface area contributed by atoms with Gasteiger partial charge < -0.3 is 10.2 Å². The second-order valence-corrected chi connectivity index (χ2v) is 7.79. The molecule has 2 heterocycles. The molecular formula is C20H28N4OS. The van der Waals surface area contributed by atoms with E-state index in [2.05, 4.69) is 29.0 Å². The van der Waals surface area contributed by atoms with Crippen LogP contribution in [0.25, 0.3) is 0 Å². The van der Waals surface area contributed by atoms with Crippen LogP contribution in [0.3, 0.4) is 0 Å². The Morgan fingerprint density at radius 2 is 2.04 bits per heavy atom. The lowest BCUT2D eigenvalue weighted by atomic mass is 10.0. The smallest absolute Gasteiger partial charge is 0.252 e.